The lowest BCUT2D eigenvalue weighted by atomic mass is 10.1. The van der Waals surface area contributed by atoms with Gasteiger partial charge in [0.2, 0.25) is 0 Å². The number of carbonyl (C=O) groups is 2. The first-order chi connectivity index (χ1) is 13.2. The van der Waals surface area contributed by atoms with Gasteiger partial charge in [0, 0.05) is 6.26 Å². The van der Waals surface area contributed by atoms with Gasteiger partial charge < -0.3 is 15.1 Å². The largest absolute Gasteiger partial charge is 0.459 e. The van der Waals surface area contributed by atoms with Gasteiger partial charge in [-0.15, -0.1) is 11.3 Å². The Bertz CT molecular complexity index is 1080. The molecule has 2 heterocycles. The quantitative estimate of drug-likeness (QED) is 0.637. The van der Waals surface area contributed by atoms with Crippen molar-refractivity contribution >= 4 is 38.0 Å². The Morgan fingerprint density at radius 2 is 1.75 bits per heavy atom. The van der Waals surface area contributed by atoms with Gasteiger partial charge in [-0.2, -0.15) is 0 Å². The standard InChI is InChI=1S/C19H18N2O5S2/c1-12(13-5-7-14(8-6-13)28(2,24)25)20-19(23)16-9-10-17(27-16)21-18(22)15-4-3-11-26-15/h3-12H,1-2H3,(H,20,23)(H,21,22)/t12-/m0/s1. The fraction of sp³-hybridized carbons (Fsp3) is 0.158. The SMILES string of the molecule is C[C@H](NC(=O)c1ccc(NC(=O)c2ccco2)s1)c1ccc(S(C)(=O)=O)cc1. The third-order valence-electron chi connectivity index (χ3n) is 3.97. The Hall–Kier alpha value is -2.91. The highest BCUT2D eigenvalue weighted by Gasteiger charge is 2.16. The molecule has 3 rings (SSSR count). The number of rotatable bonds is 6. The van der Waals surface area contributed by atoms with Crippen LogP contribution in [0.2, 0.25) is 0 Å². The molecule has 0 saturated heterocycles. The number of hydrogen-bond acceptors (Lipinski definition) is 6. The topological polar surface area (TPSA) is 105 Å². The maximum atomic E-state index is 12.5. The van der Waals surface area contributed by atoms with E-state index in [1.807, 2.05) is 0 Å². The molecule has 3 aromatic rings. The minimum atomic E-state index is -3.26. The molecule has 0 bridgehead atoms. The number of benzene rings is 1. The van der Waals surface area contributed by atoms with Crippen molar-refractivity contribution in [3.8, 4) is 0 Å². The zero-order valence-corrected chi connectivity index (χ0v) is 16.8. The van der Waals surface area contributed by atoms with Crippen LogP contribution in [0.15, 0.2) is 64.1 Å². The van der Waals surface area contributed by atoms with Crippen LogP contribution < -0.4 is 10.6 Å². The van der Waals surface area contributed by atoms with Gasteiger partial charge in [0.25, 0.3) is 11.8 Å². The highest BCUT2D eigenvalue weighted by molar-refractivity contribution is 7.90. The predicted molar refractivity (Wildman–Crippen MR) is 106 cm³/mol. The van der Waals surface area contributed by atoms with E-state index in [0.717, 1.165) is 23.2 Å². The molecule has 7 nitrogen and oxygen atoms in total. The molecule has 2 amide bonds. The summed E-state index contributed by atoms with van der Waals surface area (Å²) in [5.41, 5.74) is 0.781. The minimum Gasteiger partial charge on any atom is -0.459 e. The number of hydrogen-bond donors (Lipinski definition) is 2. The van der Waals surface area contributed by atoms with Crippen LogP contribution in [-0.2, 0) is 9.84 Å². The van der Waals surface area contributed by atoms with Crippen molar-refractivity contribution in [1.29, 1.82) is 0 Å². The molecule has 1 aromatic carbocycles. The molecule has 9 heteroatoms. The summed E-state index contributed by atoms with van der Waals surface area (Å²) in [5, 5.41) is 6.05. The summed E-state index contributed by atoms with van der Waals surface area (Å²) in [4.78, 5) is 25.1. The monoisotopic (exact) mass is 418 g/mol. The molecule has 0 fully saturated rings. The predicted octanol–water partition coefficient (Wildman–Crippen LogP) is 3.49. The number of anilines is 1. The van der Waals surface area contributed by atoms with Gasteiger partial charge in [-0.1, -0.05) is 12.1 Å². The molecule has 0 saturated carbocycles. The first kappa shape index (κ1) is 19.8. The summed E-state index contributed by atoms with van der Waals surface area (Å²) in [6.45, 7) is 1.81. The van der Waals surface area contributed by atoms with Crippen LogP contribution in [0.4, 0.5) is 5.00 Å². The molecule has 2 N–H and O–H groups in total. The number of nitrogens with one attached hydrogen (secondary N) is 2. The molecule has 0 aliphatic heterocycles. The summed E-state index contributed by atoms with van der Waals surface area (Å²) in [6.07, 6.45) is 2.55. The fourth-order valence-electron chi connectivity index (χ4n) is 2.46. The molecule has 0 spiro atoms. The van der Waals surface area contributed by atoms with E-state index in [-0.39, 0.29) is 22.6 Å². The molecule has 1 atom stereocenters. The second kappa shape index (κ2) is 7.99. The Morgan fingerprint density at radius 3 is 2.36 bits per heavy atom. The molecule has 146 valence electrons. The van der Waals surface area contributed by atoms with Crippen LogP contribution in [-0.4, -0.2) is 26.5 Å². The number of amides is 2. The van der Waals surface area contributed by atoms with Crippen molar-refractivity contribution in [2.24, 2.45) is 0 Å². The normalized spacial score (nSPS) is 12.4. The summed E-state index contributed by atoms with van der Waals surface area (Å²) >= 11 is 1.14. The van der Waals surface area contributed by atoms with E-state index in [4.69, 9.17) is 4.42 Å². The van der Waals surface area contributed by atoms with Crippen LogP contribution in [0.5, 0.6) is 0 Å². The van der Waals surface area contributed by atoms with Crippen LogP contribution in [0.1, 0.15) is 38.8 Å². The number of sulfone groups is 1. The Labute approximate surface area is 166 Å². The average Bonchev–Trinajstić information content (AvgIpc) is 3.33. The zero-order chi connectivity index (χ0) is 20.3. The first-order valence-corrected chi connectivity index (χ1v) is 11.0. The third kappa shape index (κ3) is 4.68. The van der Waals surface area contributed by atoms with Crippen molar-refractivity contribution in [2.75, 3.05) is 11.6 Å². The van der Waals surface area contributed by atoms with Gasteiger partial charge in [-0.25, -0.2) is 8.42 Å². The van der Waals surface area contributed by atoms with Gasteiger partial charge >= 0.3 is 0 Å². The van der Waals surface area contributed by atoms with Gasteiger partial charge in [0.1, 0.15) is 0 Å². The van der Waals surface area contributed by atoms with Gasteiger partial charge in [-0.3, -0.25) is 9.59 Å². The lowest BCUT2D eigenvalue weighted by molar-refractivity contribution is 0.0942. The maximum Gasteiger partial charge on any atom is 0.291 e. The van der Waals surface area contributed by atoms with Crippen molar-refractivity contribution < 1.29 is 22.4 Å². The number of furan rings is 1. The molecule has 2 aromatic heterocycles. The maximum absolute atomic E-state index is 12.5. The zero-order valence-electron chi connectivity index (χ0n) is 15.1. The Morgan fingerprint density at radius 1 is 1.04 bits per heavy atom. The van der Waals surface area contributed by atoms with Gasteiger partial charge in [0.05, 0.1) is 27.1 Å². The molecular weight excluding hydrogens is 400 g/mol. The summed E-state index contributed by atoms with van der Waals surface area (Å²) in [5.74, 6) is -0.494. The molecule has 0 unspecified atom stereocenters. The number of carbonyl (C=O) groups excluding carboxylic acids is 2. The lowest BCUT2D eigenvalue weighted by Gasteiger charge is -2.14. The number of thiophene rings is 1. The Balaban J connectivity index is 1.63. The third-order valence-corrected chi connectivity index (χ3v) is 6.10. The van der Waals surface area contributed by atoms with Crippen LogP contribution >= 0.6 is 11.3 Å². The second-order valence-corrected chi connectivity index (χ2v) is 9.23. The smallest absolute Gasteiger partial charge is 0.291 e. The molecule has 0 aliphatic rings. The van der Waals surface area contributed by atoms with Crippen LogP contribution in [0.3, 0.4) is 0 Å². The van der Waals surface area contributed by atoms with Crippen molar-refractivity contribution in [3.63, 3.8) is 0 Å². The highest BCUT2D eigenvalue weighted by atomic mass is 32.2. The molecular formula is C19H18N2O5S2. The van der Waals surface area contributed by atoms with Gasteiger partial charge in [0.15, 0.2) is 15.6 Å². The van der Waals surface area contributed by atoms with E-state index in [2.05, 4.69) is 10.6 Å². The van der Waals surface area contributed by atoms with E-state index in [0.29, 0.717) is 9.88 Å². The molecule has 28 heavy (non-hydrogen) atoms. The van der Waals surface area contributed by atoms with Gasteiger partial charge in [-0.05, 0) is 48.9 Å². The second-order valence-electron chi connectivity index (χ2n) is 6.13. The summed E-state index contributed by atoms with van der Waals surface area (Å²) in [6, 6.07) is 12.5. The summed E-state index contributed by atoms with van der Waals surface area (Å²) < 4.78 is 28.1. The van der Waals surface area contributed by atoms with Crippen LogP contribution in [0, 0.1) is 0 Å². The van der Waals surface area contributed by atoms with E-state index >= 15 is 0 Å². The summed E-state index contributed by atoms with van der Waals surface area (Å²) in [7, 11) is -3.26. The van der Waals surface area contributed by atoms with E-state index in [9.17, 15) is 18.0 Å². The van der Waals surface area contributed by atoms with E-state index < -0.39 is 15.7 Å². The van der Waals surface area contributed by atoms with Crippen molar-refractivity contribution in [2.45, 2.75) is 17.9 Å². The Kier molecular flexibility index (Phi) is 5.66. The first-order valence-electron chi connectivity index (χ1n) is 8.29. The highest BCUT2D eigenvalue weighted by Crippen LogP contribution is 2.24. The molecule has 0 aliphatic carbocycles. The van der Waals surface area contributed by atoms with Crippen molar-refractivity contribution in [3.05, 3.63) is 71.0 Å². The van der Waals surface area contributed by atoms with Crippen LogP contribution in [0.25, 0.3) is 0 Å². The van der Waals surface area contributed by atoms with E-state index in [1.54, 1.807) is 43.3 Å². The minimum absolute atomic E-state index is 0.186. The lowest BCUT2D eigenvalue weighted by Crippen LogP contribution is -2.25. The van der Waals surface area contributed by atoms with Crippen molar-refractivity contribution in [1.82, 2.24) is 5.32 Å². The van der Waals surface area contributed by atoms with E-state index in [1.165, 1.54) is 18.4 Å². The average molecular weight is 418 g/mol. The molecule has 0 radical (unpaired) electrons. The fourth-order valence-corrected chi connectivity index (χ4v) is 3.90.